The smallest absolute Gasteiger partial charge is 0.224 e. The molecule has 1 atom stereocenters. The molecule has 0 spiro atoms. The highest BCUT2D eigenvalue weighted by molar-refractivity contribution is 5.79. The quantitative estimate of drug-likeness (QED) is 0.916. The minimum atomic E-state index is -0.612. The number of rotatable bonds is 4. The Labute approximate surface area is 119 Å². The van der Waals surface area contributed by atoms with E-state index < -0.39 is 6.04 Å². The van der Waals surface area contributed by atoms with E-state index in [1.54, 1.807) is 13.2 Å². The maximum absolute atomic E-state index is 12.2. The van der Waals surface area contributed by atoms with Crippen LogP contribution in [0, 0.1) is 17.2 Å². The summed E-state index contributed by atoms with van der Waals surface area (Å²) in [4.78, 5) is 12.2. The van der Waals surface area contributed by atoms with Crippen LogP contribution in [0.3, 0.4) is 0 Å². The predicted octanol–water partition coefficient (Wildman–Crippen LogP) is 2.96. The van der Waals surface area contributed by atoms with Crippen LogP contribution in [0.1, 0.15) is 43.7 Å². The molecule has 0 saturated heterocycles. The SMILES string of the molecule is COc1cccc(C(C#N)NC(=O)C2CCCCC2)c1. The fourth-order valence-corrected chi connectivity index (χ4v) is 2.64. The van der Waals surface area contributed by atoms with E-state index in [4.69, 9.17) is 4.74 Å². The lowest BCUT2D eigenvalue weighted by Gasteiger charge is -2.22. The maximum atomic E-state index is 12.2. The number of hydrogen-bond donors (Lipinski definition) is 1. The Kier molecular flexibility index (Phi) is 5.00. The first-order chi connectivity index (χ1) is 9.74. The average Bonchev–Trinajstić information content (AvgIpc) is 2.53. The predicted molar refractivity (Wildman–Crippen MR) is 76.1 cm³/mol. The standard InChI is InChI=1S/C16H20N2O2/c1-20-14-9-5-8-13(10-14)15(11-17)18-16(19)12-6-3-2-4-7-12/h5,8-10,12,15H,2-4,6-7H2,1H3,(H,18,19). The summed E-state index contributed by atoms with van der Waals surface area (Å²) in [5.74, 6) is 0.749. The fourth-order valence-electron chi connectivity index (χ4n) is 2.64. The van der Waals surface area contributed by atoms with Crippen molar-refractivity contribution in [3.05, 3.63) is 29.8 Å². The van der Waals surface area contributed by atoms with Crippen LogP contribution in [0.2, 0.25) is 0 Å². The Hall–Kier alpha value is -2.02. The van der Waals surface area contributed by atoms with Crippen LogP contribution in [0.25, 0.3) is 0 Å². The highest BCUT2D eigenvalue weighted by Crippen LogP contribution is 2.25. The molecule has 1 aromatic rings. The van der Waals surface area contributed by atoms with Gasteiger partial charge in [-0.15, -0.1) is 0 Å². The zero-order chi connectivity index (χ0) is 14.4. The summed E-state index contributed by atoms with van der Waals surface area (Å²) in [6, 6.07) is 8.80. The van der Waals surface area contributed by atoms with Gasteiger partial charge in [-0.05, 0) is 30.5 Å². The largest absolute Gasteiger partial charge is 0.497 e. The lowest BCUT2D eigenvalue weighted by Crippen LogP contribution is -2.34. The zero-order valence-corrected chi connectivity index (χ0v) is 11.8. The second-order valence-electron chi connectivity index (χ2n) is 5.18. The number of benzene rings is 1. The second kappa shape index (κ2) is 6.95. The van der Waals surface area contributed by atoms with E-state index >= 15 is 0 Å². The number of ether oxygens (including phenoxy) is 1. The minimum absolute atomic E-state index is 0.000861. The van der Waals surface area contributed by atoms with Gasteiger partial charge in [-0.25, -0.2) is 0 Å². The molecule has 1 N–H and O–H groups in total. The van der Waals surface area contributed by atoms with Crippen LogP contribution in [-0.2, 0) is 4.79 Å². The van der Waals surface area contributed by atoms with Crippen molar-refractivity contribution < 1.29 is 9.53 Å². The van der Waals surface area contributed by atoms with Crippen LogP contribution in [0.15, 0.2) is 24.3 Å². The summed E-state index contributed by atoms with van der Waals surface area (Å²) in [5, 5.41) is 12.1. The molecule has 4 heteroatoms. The van der Waals surface area contributed by atoms with Crippen LogP contribution in [0.5, 0.6) is 5.75 Å². The first kappa shape index (κ1) is 14.4. The average molecular weight is 272 g/mol. The third-order valence-electron chi connectivity index (χ3n) is 3.82. The summed E-state index contributed by atoms with van der Waals surface area (Å²) in [7, 11) is 1.58. The fraction of sp³-hybridized carbons (Fsp3) is 0.500. The van der Waals surface area contributed by atoms with Crippen molar-refractivity contribution in [3.63, 3.8) is 0 Å². The summed E-state index contributed by atoms with van der Waals surface area (Å²) in [5.41, 5.74) is 0.760. The Balaban J connectivity index is 2.04. The summed E-state index contributed by atoms with van der Waals surface area (Å²) < 4.78 is 5.15. The van der Waals surface area contributed by atoms with Crippen molar-refractivity contribution in [3.8, 4) is 11.8 Å². The number of nitrogens with one attached hydrogen (secondary N) is 1. The number of carbonyl (C=O) groups excluding carboxylic acids is 1. The molecular formula is C16H20N2O2. The molecule has 106 valence electrons. The van der Waals surface area contributed by atoms with Crippen LogP contribution < -0.4 is 10.1 Å². The van der Waals surface area contributed by atoms with Crippen LogP contribution in [0.4, 0.5) is 0 Å². The molecule has 0 aliphatic heterocycles. The van der Waals surface area contributed by atoms with Crippen LogP contribution >= 0.6 is 0 Å². The molecule has 20 heavy (non-hydrogen) atoms. The summed E-state index contributed by atoms with van der Waals surface area (Å²) >= 11 is 0. The molecule has 1 saturated carbocycles. The number of hydrogen-bond acceptors (Lipinski definition) is 3. The van der Waals surface area contributed by atoms with E-state index in [0.29, 0.717) is 5.75 Å². The van der Waals surface area contributed by atoms with Gasteiger partial charge in [0.2, 0.25) is 5.91 Å². The number of methoxy groups -OCH3 is 1. The molecule has 0 radical (unpaired) electrons. The maximum Gasteiger partial charge on any atom is 0.224 e. The van der Waals surface area contributed by atoms with Gasteiger partial charge in [0, 0.05) is 5.92 Å². The van der Waals surface area contributed by atoms with Gasteiger partial charge in [0.05, 0.1) is 13.2 Å². The molecule has 1 fully saturated rings. The normalized spacial score (nSPS) is 17.0. The minimum Gasteiger partial charge on any atom is -0.497 e. The number of nitrogens with zero attached hydrogens (tertiary/aromatic N) is 1. The van der Waals surface area contributed by atoms with Crippen molar-refractivity contribution in [2.45, 2.75) is 38.1 Å². The number of amides is 1. The van der Waals surface area contributed by atoms with Gasteiger partial charge in [0.1, 0.15) is 11.8 Å². The summed E-state index contributed by atoms with van der Waals surface area (Å²) in [6.07, 6.45) is 5.29. The van der Waals surface area contributed by atoms with E-state index in [1.807, 2.05) is 18.2 Å². The summed E-state index contributed by atoms with van der Waals surface area (Å²) in [6.45, 7) is 0. The Bertz CT molecular complexity index is 501. The number of carbonyl (C=O) groups is 1. The van der Waals surface area contributed by atoms with E-state index in [0.717, 1.165) is 31.2 Å². The molecule has 1 amide bonds. The van der Waals surface area contributed by atoms with Gasteiger partial charge in [0.25, 0.3) is 0 Å². The molecular weight excluding hydrogens is 252 g/mol. The number of nitriles is 1. The lowest BCUT2D eigenvalue weighted by atomic mass is 9.88. The van der Waals surface area contributed by atoms with Crippen molar-refractivity contribution in [2.24, 2.45) is 5.92 Å². The highest BCUT2D eigenvalue weighted by Gasteiger charge is 2.24. The third-order valence-corrected chi connectivity index (χ3v) is 3.82. The van der Waals surface area contributed by atoms with Gasteiger partial charge in [-0.1, -0.05) is 31.4 Å². The van der Waals surface area contributed by atoms with E-state index in [-0.39, 0.29) is 11.8 Å². The molecule has 0 heterocycles. The van der Waals surface area contributed by atoms with E-state index in [9.17, 15) is 10.1 Å². The van der Waals surface area contributed by atoms with Crippen molar-refractivity contribution in [1.82, 2.24) is 5.32 Å². The zero-order valence-electron chi connectivity index (χ0n) is 11.8. The van der Waals surface area contributed by atoms with Gasteiger partial charge < -0.3 is 10.1 Å². The highest BCUT2D eigenvalue weighted by atomic mass is 16.5. The van der Waals surface area contributed by atoms with Crippen molar-refractivity contribution in [2.75, 3.05) is 7.11 Å². The Morgan fingerprint density at radius 3 is 2.80 bits per heavy atom. The second-order valence-corrected chi connectivity index (χ2v) is 5.18. The first-order valence-corrected chi connectivity index (χ1v) is 7.08. The van der Waals surface area contributed by atoms with E-state index in [1.165, 1.54) is 6.42 Å². The van der Waals surface area contributed by atoms with Gasteiger partial charge in [0.15, 0.2) is 0 Å². The van der Waals surface area contributed by atoms with Crippen molar-refractivity contribution in [1.29, 1.82) is 5.26 Å². The van der Waals surface area contributed by atoms with Gasteiger partial charge in [-0.3, -0.25) is 4.79 Å². The van der Waals surface area contributed by atoms with E-state index in [2.05, 4.69) is 11.4 Å². The monoisotopic (exact) mass is 272 g/mol. The topological polar surface area (TPSA) is 62.1 Å². The Morgan fingerprint density at radius 1 is 1.40 bits per heavy atom. The van der Waals surface area contributed by atoms with Gasteiger partial charge >= 0.3 is 0 Å². The molecule has 4 nitrogen and oxygen atoms in total. The van der Waals surface area contributed by atoms with Crippen LogP contribution in [-0.4, -0.2) is 13.0 Å². The molecule has 2 rings (SSSR count). The van der Waals surface area contributed by atoms with Gasteiger partial charge in [-0.2, -0.15) is 5.26 Å². The molecule has 0 bridgehead atoms. The molecule has 1 aliphatic rings. The Morgan fingerprint density at radius 2 is 2.15 bits per heavy atom. The molecule has 1 aromatic carbocycles. The lowest BCUT2D eigenvalue weighted by molar-refractivity contribution is -0.126. The third kappa shape index (κ3) is 3.51. The molecule has 1 unspecified atom stereocenters. The molecule has 0 aromatic heterocycles. The van der Waals surface area contributed by atoms with Crippen molar-refractivity contribution >= 4 is 5.91 Å². The first-order valence-electron chi connectivity index (χ1n) is 7.08. The molecule has 1 aliphatic carbocycles.